The lowest BCUT2D eigenvalue weighted by Crippen LogP contribution is -2.39. The Morgan fingerprint density at radius 3 is 2.32 bits per heavy atom. The number of ether oxygens (including phenoxy) is 1. The van der Waals surface area contributed by atoms with Gasteiger partial charge in [-0.25, -0.2) is 4.79 Å². The van der Waals surface area contributed by atoms with E-state index in [9.17, 15) is 19.7 Å². The number of amides is 1. The Hall–Kier alpha value is -3.42. The minimum absolute atomic E-state index is 0.0248. The molecule has 0 saturated carbocycles. The number of esters is 1. The first-order valence-corrected chi connectivity index (χ1v) is 8.79. The number of anilines is 1. The zero-order valence-corrected chi connectivity index (χ0v) is 16.0. The van der Waals surface area contributed by atoms with Crippen LogP contribution in [0.2, 0.25) is 0 Å². The molecule has 0 fully saturated rings. The standard InChI is InChI=1S/C20H23N3O5/c1-13(2)18(22-16-7-5-4-6-8-16)12-21-19(24)14-9-15(20(25)28-3)11-17(10-14)23(26)27/h4-11,13,18,22H,12H2,1-3H3,(H,21,24). The SMILES string of the molecule is COC(=O)c1cc(C(=O)NCC(Nc2ccccc2)C(C)C)cc([N+](=O)[O-])c1. The molecule has 0 aliphatic rings. The monoisotopic (exact) mass is 385 g/mol. The second-order valence-corrected chi connectivity index (χ2v) is 6.59. The maximum absolute atomic E-state index is 12.5. The molecule has 28 heavy (non-hydrogen) atoms. The molecule has 8 nitrogen and oxygen atoms in total. The zero-order chi connectivity index (χ0) is 20.7. The summed E-state index contributed by atoms with van der Waals surface area (Å²) in [4.78, 5) is 34.7. The van der Waals surface area contributed by atoms with E-state index in [0.29, 0.717) is 6.54 Å². The van der Waals surface area contributed by atoms with Gasteiger partial charge in [-0.2, -0.15) is 0 Å². The number of nitro benzene ring substituents is 1. The summed E-state index contributed by atoms with van der Waals surface area (Å²) in [6.45, 7) is 4.35. The van der Waals surface area contributed by atoms with Gasteiger partial charge in [0, 0.05) is 36.0 Å². The molecule has 148 valence electrons. The molecular weight excluding hydrogens is 362 g/mol. The van der Waals surface area contributed by atoms with Gasteiger partial charge in [-0.05, 0) is 24.1 Å². The maximum atomic E-state index is 12.5. The van der Waals surface area contributed by atoms with Crippen molar-refractivity contribution in [1.29, 1.82) is 0 Å². The highest BCUT2D eigenvalue weighted by Crippen LogP contribution is 2.18. The topological polar surface area (TPSA) is 111 Å². The van der Waals surface area contributed by atoms with E-state index in [4.69, 9.17) is 0 Å². The molecule has 2 aromatic rings. The van der Waals surface area contributed by atoms with Crippen LogP contribution < -0.4 is 10.6 Å². The molecule has 0 aliphatic carbocycles. The Labute approximate surface area is 163 Å². The van der Waals surface area contributed by atoms with Crippen LogP contribution in [0.4, 0.5) is 11.4 Å². The lowest BCUT2D eigenvalue weighted by atomic mass is 10.0. The third-order valence-corrected chi connectivity index (χ3v) is 4.23. The number of nitrogens with zero attached hydrogens (tertiary/aromatic N) is 1. The van der Waals surface area contributed by atoms with Crippen LogP contribution in [0.5, 0.6) is 0 Å². The van der Waals surface area contributed by atoms with Gasteiger partial charge in [-0.15, -0.1) is 0 Å². The second-order valence-electron chi connectivity index (χ2n) is 6.59. The van der Waals surface area contributed by atoms with Crippen LogP contribution >= 0.6 is 0 Å². The quantitative estimate of drug-likeness (QED) is 0.410. The first-order valence-electron chi connectivity index (χ1n) is 8.79. The van der Waals surface area contributed by atoms with Crippen LogP contribution in [-0.2, 0) is 4.74 Å². The lowest BCUT2D eigenvalue weighted by molar-refractivity contribution is -0.384. The number of benzene rings is 2. The van der Waals surface area contributed by atoms with E-state index in [-0.39, 0.29) is 28.8 Å². The predicted molar refractivity (Wildman–Crippen MR) is 105 cm³/mol. The van der Waals surface area contributed by atoms with Gasteiger partial charge in [-0.1, -0.05) is 32.0 Å². The fourth-order valence-electron chi connectivity index (χ4n) is 2.59. The summed E-state index contributed by atoms with van der Waals surface area (Å²) in [6.07, 6.45) is 0. The summed E-state index contributed by atoms with van der Waals surface area (Å²) in [7, 11) is 1.17. The summed E-state index contributed by atoms with van der Waals surface area (Å²) in [6, 6.07) is 13.0. The smallest absolute Gasteiger partial charge is 0.338 e. The normalized spacial score (nSPS) is 11.6. The molecule has 0 bridgehead atoms. The molecule has 0 aromatic heterocycles. The Kier molecular flexibility index (Phi) is 7.08. The summed E-state index contributed by atoms with van der Waals surface area (Å²) < 4.78 is 4.60. The van der Waals surface area contributed by atoms with Crippen molar-refractivity contribution in [1.82, 2.24) is 5.32 Å². The van der Waals surface area contributed by atoms with Gasteiger partial charge in [0.05, 0.1) is 17.6 Å². The number of hydrogen-bond acceptors (Lipinski definition) is 6. The molecule has 2 rings (SSSR count). The Balaban J connectivity index is 2.15. The van der Waals surface area contributed by atoms with Crippen LogP contribution in [0.25, 0.3) is 0 Å². The molecule has 8 heteroatoms. The number of non-ortho nitro benzene ring substituents is 1. The number of carbonyl (C=O) groups excluding carboxylic acids is 2. The highest BCUT2D eigenvalue weighted by atomic mass is 16.6. The van der Waals surface area contributed by atoms with Crippen LogP contribution in [0.15, 0.2) is 48.5 Å². The third-order valence-electron chi connectivity index (χ3n) is 4.23. The fraction of sp³-hybridized carbons (Fsp3) is 0.300. The summed E-state index contributed by atoms with van der Waals surface area (Å²) >= 11 is 0. The van der Waals surface area contributed by atoms with E-state index < -0.39 is 16.8 Å². The van der Waals surface area contributed by atoms with Crippen molar-refractivity contribution in [2.45, 2.75) is 19.9 Å². The average Bonchev–Trinajstić information content (AvgIpc) is 2.70. The van der Waals surface area contributed by atoms with Gasteiger partial charge in [0.15, 0.2) is 0 Å². The highest BCUT2D eigenvalue weighted by molar-refractivity contribution is 5.99. The predicted octanol–water partition coefficient (Wildman–Crippen LogP) is 3.25. The van der Waals surface area contributed by atoms with Gasteiger partial charge in [-0.3, -0.25) is 14.9 Å². The van der Waals surface area contributed by atoms with Crippen molar-refractivity contribution >= 4 is 23.3 Å². The number of methoxy groups -OCH3 is 1. The highest BCUT2D eigenvalue weighted by Gasteiger charge is 2.20. The number of rotatable bonds is 8. The minimum atomic E-state index is -0.747. The number of nitro groups is 1. The zero-order valence-electron chi connectivity index (χ0n) is 16.0. The number of para-hydroxylation sites is 1. The molecule has 1 amide bonds. The molecule has 0 aliphatic heterocycles. The van der Waals surface area contributed by atoms with Crippen molar-refractivity contribution in [3.05, 3.63) is 69.8 Å². The molecule has 1 atom stereocenters. The van der Waals surface area contributed by atoms with E-state index in [2.05, 4.69) is 15.4 Å². The van der Waals surface area contributed by atoms with E-state index in [0.717, 1.165) is 17.8 Å². The van der Waals surface area contributed by atoms with Crippen molar-refractivity contribution in [3.63, 3.8) is 0 Å². The van der Waals surface area contributed by atoms with E-state index >= 15 is 0 Å². The first-order chi connectivity index (χ1) is 13.3. The van der Waals surface area contributed by atoms with Crippen molar-refractivity contribution in [3.8, 4) is 0 Å². The number of hydrogen-bond donors (Lipinski definition) is 2. The van der Waals surface area contributed by atoms with Crippen molar-refractivity contribution in [2.75, 3.05) is 19.0 Å². The second kappa shape index (κ2) is 9.50. The fourth-order valence-corrected chi connectivity index (χ4v) is 2.59. The van der Waals surface area contributed by atoms with E-state index in [1.54, 1.807) is 0 Å². The van der Waals surface area contributed by atoms with Crippen LogP contribution in [-0.4, -0.2) is 36.5 Å². The molecule has 0 spiro atoms. The summed E-state index contributed by atoms with van der Waals surface area (Å²) in [5.41, 5.74) is 0.552. The lowest BCUT2D eigenvalue weighted by Gasteiger charge is -2.24. The van der Waals surface area contributed by atoms with E-state index in [1.807, 2.05) is 44.2 Å². The Bertz CT molecular complexity index is 852. The van der Waals surface area contributed by atoms with Gasteiger partial charge in [0.2, 0.25) is 0 Å². The van der Waals surface area contributed by atoms with E-state index in [1.165, 1.54) is 13.2 Å². The molecule has 1 unspecified atom stereocenters. The van der Waals surface area contributed by atoms with Gasteiger partial charge in [0.25, 0.3) is 11.6 Å². The van der Waals surface area contributed by atoms with Crippen LogP contribution in [0.3, 0.4) is 0 Å². The first kappa shape index (κ1) is 20.9. The summed E-state index contributed by atoms with van der Waals surface area (Å²) in [5, 5.41) is 17.2. The third kappa shape index (κ3) is 5.54. The largest absolute Gasteiger partial charge is 0.465 e. The van der Waals surface area contributed by atoms with Crippen molar-refractivity contribution < 1.29 is 19.2 Å². The molecule has 0 saturated heterocycles. The van der Waals surface area contributed by atoms with Crippen LogP contribution in [0.1, 0.15) is 34.6 Å². The van der Waals surface area contributed by atoms with Crippen LogP contribution in [0, 0.1) is 16.0 Å². The van der Waals surface area contributed by atoms with Gasteiger partial charge >= 0.3 is 5.97 Å². The van der Waals surface area contributed by atoms with Crippen molar-refractivity contribution in [2.24, 2.45) is 5.92 Å². The van der Waals surface area contributed by atoms with Gasteiger partial charge in [0.1, 0.15) is 0 Å². The molecule has 0 radical (unpaired) electrons. The maximum Gasteiger partial charge on any atom is 0.338 e. The van der Waals surface area contributed by atoms with Gasteiger partial charge < -0.3 is 15.4 Å². The number of nitrogens with one attached hydrogen (secondary N) is 2. The summed E-state index contributed by atoms with van der Waals surface area (Å²) in [5.74, 6) is -1.03. The minimum Gasteiger partial charge on any atom is -0.465 e. The Morgan fingerprint density at radius 1 is 1.11 bits per heavy atom. The Morgan fingerprint density at radius 2 is 1.75 bits per heavy atom. The molecule has 0 heterocycles. The average molecular weight is 385 g/mol. The molecule has 2 N–H and O–H groups in total. The number of carbonyl (C=O) groups is 2. The molecule has 2 aromatic carbocycles. The molecular formula is C20H23N3O5.